The van der Waals surface area contributed by atoms with E-state index in [9.17, 15) is 18.8 Å². The molecule has 158 valence electrons. The molecule has 0 aromatic heterocycles. The van der Waals surface area contributed by atoms with E-state index in [1.807, 2.05) is 31.2 Å². The molecule has 2 aromatic rings. The second kappa shape index (κ2) is 9.07. The molecule has 0 unspecified atom stereocenters. The van der Waals surface area contributed by atoms with E-state index >= 15 is 0 Å². The Morgan fingerprint density at radius 1 is 1.13 bits per heavy atom. The number of fused-ring (bicyclic) bond motifs is 1. The van der Waals surface area contributed by atoms with Crippen LogP contribution in [0.4, 0.5) is 10.1 Å². The number of para-hydroxylation sites is 1. The third-order valence-electron chi connectivity index (χ3n) is 5.13. The van der Waals surface area contributed by atoms with Gasteiger partial charge in [0.25, 0.3) is 11.8 Å². The molecule has 0 fully saturated rings. The topological polar surface area (TPSA) is 75.7 Å². The van der Waals surface area contributed by atoms with Crippen molar-refractivity contribution in [1.29, 1.82) is 0 Å². The number of hydrogen-bond acceptors (Lipinski definition) is 4. The fourth-order valence-corrected chi connectivity index (χ4v) is 3.56. The van der Waals surface area contributed by atoms with Gasteiger partial charge < -0.3 is 15.0 Å². The van der Waals surface area contributed by atoms with Crippen molar-refractivity contribution < 1.29 is 23.5 Å². The van der Waals surface area contributed by atoms with E-state index in [2.05, 4.69) is 5.32 Å². The van der Waals surface area contributed by atoms with Crippen LogP contribution in [0, 0.1) is 11.7 Å². The molecule has 2 atom stereocenters. The summed E-state index contributed by atoms with van der Waals surface area (Å²) >= 11 is 0. The molecule has 1 heterocycles. The number of anilines is 1. The van der Waals surface area contributed by atoms with E-state index in [-0.39, 0.29) is 23.4 Å². The molecule has 2 aromatic carbocycles. The minimum Gasteiger partial charge on any atom is -0.454 e. The van der Waals surface area contributed by atoms with Crippen LogP contribution in [-0.2, 0) is 20.7 Å². The zero-order valence-corrected chi connectivity index (χ0v) is 17.2. The molecule has 0 aliphatic carbocycles. The summed E-state index contributed by atoms with van der Waals surface area (Å²) in [5.74, 6) is -2.23. The summed E-state index contributed by atoms with van der Waals surface area (Å²) in [5, 5.41) is 2.61. The SMILES string of the molecule is CC(C)[C@H](NC(=O)c1ccc(F)cc1)C(=O)OCC(=O)N1c2ccccc2C[C@H]1C. The maximum Gasteiger partial charge on any atom is 0.329 e. The van der Waals surface area contributed by atoms with Gasteiger partial charge in [-0.25, -0.2) is 9.18 Å². The van der Waals surface area contributed by atoms with Gasteiger partial charge in [0.2, 0.25) is 0 Å². The van der Waals surface area contributed by atoms with E-state index in [0.717, 1.165) is 17.7 Å². The van der Waals surface area contributed by atoms with Crippen LogP contribution in [0.3, 0.4) is 0 Å². The number of carbonyl (C=O) groups is 3. The number of ether oxygens (including phenoxy) is 1. The van der Waals surface area contributed by atoms with Crippen LogP contribution < -0.4 is 10.2 Å². The molecular weight excluding hydrogens is 387 g/mol. The maximum atomic E-state index is 13.1. The Bertz CT molecular complexity index is 942. The lowest BCUT2D eigenvalue weighted by Crippen LogP contribution is -2.46. The molecule has 2 amide bonds. The summed E-state index contributed by atoms with van der Waals surface area (Å²) in [5.41, 5.74) is 2.14. The van der Waals surface area contributed by atoms with Gasteiger partial charge >= 0.3 is 5.97 Å². The number of nitrogens with one attached hydrogen (secondary N) is 1. The molecule has 3 rings (SSSR count). The van der Waals surface area contributed by atoms with Crippen molar-refractivity contribution in [3.05, 3.63) is 65.5 Å². The third-order valence-corrected chi connectivity index (χ3v) is 5.13. The number of carbonyl (C=O) groups excluding carboxylic acids is 3. The van der Waals surface area contributed by atoms with Crippen molar-refractivity contribution in [2.75, 3.05) is 11.5 Å². The Kier molecular flexibility index (Phi) is 6.50. The van der Waals surface area contributed by atoms with Gasteiger partial charge in [0.1, 0.15) is 11.9 Å². The lowest BCUT2D eigenvalue weighted by molar-refractivity contribution is -0.150. The van der Waals surface area contributed by atoms with Crippen molar-refractivity contribution in [1.82, 2.24) is 5.32 Å². The number of nitrogens with zero attached hydrogens (tertiary/aromatic N) is 1. The predicted octanol–water partition coefficient (Wildman–Crippen LogP) is 3.10. The van der Waals surface area contributed by atoms with Gasteiger partial charge in [0, 0.05) is 17.3 Å². The first-order valence-electron chi connectivity index (χ1n) is 9.91. The van der Waals surface area contributed by atoms with Crippen molar-refractivity contribution in [3.63, 3.8) is 0 Å². The van der Waals surface area contributed by atoms with Crippen LogP contribution in [0.15, 0.2) is 48.5 Å². The zero-order valence-electron chi connectivity index (χ0n) is 17.2. The van der Waals surface area contributed by atoms with Gasteiger partial charge in [-0.15, -0.1) is 0 Å². The monoisotopic (exact) mass is 412 g/mol. The highest BCUT2D eigenvalue weighted by Crippen LogP contribution is 2.31. The molecule has 0 saturated heterocycles. The van der Waals surface area contributed by atoms with Crippen molar-refractivity contribution in [3.8, 4) is 0 Å². The third kappa shape index (κ3) is 4.67. The van der Waals surface area contributed by atoms with Gasteiger partial charge in [0.15, 0.2) is 6.61 Å². The van der Waals surface area contributed by atoms with Crippen LogP contribution in [0.25, 0.3) is 0 Å². The summed E-state index contributed by atoms with van der Waals surface area (Å²) in [7, 11) is 0. The second-order valence-corrected chi connectivity index (χ2v) is 7.76. The summed E-state index contributed by atoms with van der Waals surface area (Å²) < 4.78 is 18.3. The molecule has 1 aliphatic heterocycles. The van der Waals surface area contributed by atoms with Crippen molar-refractivity contribution in [2.45, 2.75) is 39.3 Å². The van der Waals surface area contributed by atoms with Gasteiger partial charge in [-0.1, -0.05) is 32.0 Å². The molecular formula is C23H25FN2O4. The number of benzene rings is 2. The van der Waals surface area contributed by atoms with E-state index in [4.69, 9.17) is 4.74 Å². The molecule has 30 heavy (non-hydrogen) atoms. The Labute approximate surface area is 175 Å². The van der Waals surface area contributed by atoms with Gasteiger partial charge in [-0.05, 0) is 55.2 Å². The highest BCUT2D eigenvalue weighted by Gasteiger charge is 2.32. The highest BCUT2D eigenvalue weighted by atomic mass is 19.1. The second-order valence-electron chi connectivity index (χ2n) is 7.76. The Morgan fingerprint density at radius 3 is 2.47 bits per heavy atom. The van der Waals surface area contributed by atoms with Crippen molar-refractivity contribution in [2.24, 2.45) is 5.92 Å². The molecule has 0 radical (unpaired) electrons. The van der Waals surface area contributed by atoms with Crippen LogP contribution >= 0.6 is 0 Å². The lowest BCUT2D eigenvalue weighted by atomic mass is 10.0. The normalized spacial score (nSPS) is 16.2. The Morgan fingerprint density at radius 2 is 1.80 bits per heavy atom. The number of esters is 1. The van der Waals surface area contributed by atoms with Crippen LogP contribution in [0.1, 0.15) is 36.7 Å². The number of rotatable bonds is 6. The summed E-state index contributed by atoms with van der Waals surface area (Å²) in [6.45, 7) is 5.06. The molecule has 0 bridgehead atoms. The summed E-state index contributed by atoms with van der Waals surface area (Å²) in [6, 6.07) is 11.7. The summed E-state index contributed by atoms with van der Waals surface area (Å²) in [6.07, 6.45) is 0.748. The molecule has 6 nitrogen and oxygen atoms in total. The fourth-order valence-electron chi connectivity index (χ4n) is 3.56. The number of hydrogen-bond donors (Lipinski definition) is 1. The van der Waals surface area contributed by atoms with E-state index in [1.165, 1.54) is 24.3 Å². The smallest absolute Gasteiger partial charge is 0.329 e. The zero-order chi connectivity index (χ0) is 21.8. The molecule has 1 N–H and O–H groups in total. The fraction of sp³-hybridized carbons (Fsp3) is 0.348. The predicted molar refractivity (Wildman–Crippen MR) is 111 cm³/mol. The quantitative estimate of drug-likeness (QED) is 0.740. The first kappa shape index (κ1) is 21.5. The van der Waals surface area contributed by atoms with E-state index in [0.29, 0.717) is 0 Å². The van der Waals surface area contributed by atoms with Crippen molar-refractivity contribution >= 4 is 23.5 Å². The number of amides is 2. The van der Waals surface area contributed by atoms with E-state index < -0.39 is 30.3 Å². The average Bonchev–Trinajstić information content (AvgIpc) is 3.05. The first-order valence-corrected chi connectivity index (χ1v) is 9.91. The maximum absolute atomic E-state index is 13.1. The molecule has 0 saturated carbocycles. The minimum absolute atomic E-state index is 0.0207. The Hall–Kier alpha value is -3.22. The van der Waals surface area contributed by atoms with Gasteiger partial charge in [0.05, 0.1) is 0 Å². The first-order chi connectivity index (χ1) is 14.3. The average molecular weight is 412 g/mol. The Balaban J connectivity index is 1.62. The summed E-state index contributed by atoms with van der Waals surface area (Å²) in [4.78, 5) is 39.3. The van der Waals surface area contributed by atoms with Gasteiger partial charge in [-0.2, -0.15) is 0 Å². The highest BCUT2D eigenvalue weighted by molar-refractivity contribution is 5.99. The standard InChI is InChI=1S/C23H25FN2O4/c1-14(2)21(25-22(28)16-8-10-18(24)11-9-16)23(29)30-13-20(27)26-15(3)12-17-6-4-5-7-19(17)26/h4-11,14-15,21H,12-13H2,1-3H3,(H,25,28)/t15-,21+/m1/s1. The number of halogens is 1. The van der Waals surface area contributed by atoms with E-state index in [1.54, 1.807) is 18.7 Å². The lowest BCUT2D eigenvalue weighted by Gasteiger charge is -2.24. The van der Waals surface area contributed by atoms with Crippen LogP contribution in [0.2, 0.25) is 0 Å². The van der Waals surface area contributed by atoms with Crippen LogP contribution in [-0.4, -0.2) is 36.5 Å². The molecule has 1 aliphatic rings. The minimum atomic E-state index is -0.932. The van der Waals surface area contributed by atoms with Crippen LogP contribution in [0.5, 0.6) is 0 Å². The molecule has 7 heteroatoms. The largest absolute Gasteiger partial charge is 0.454 e. The van der Waals surface area contributed by atoms with Gasteiger partial charge in [-0.3, -0.25) is 9.59 Å². The molecule has 0 spiro atoms.